The Labute approximate surface area is 139 Å². The first-order valence-corrected chi connectivity index (χ1v) is 8.42. The van der Waals surface area contributed by atoms with Crippen LogP contribution in [0, 0.1) is 6.92 Å². The zero-order valence-electron chi connectivity index (χ0n) is 14.9. The van der Waals surface area contributed by atoms with E-state index in [1.54, 1.807) is 0 Å². The molecule has 4 heteroatoms. The second kappa shape index (κ2) is 6.75. The van der Waals surface area contributed by atoms with E-state index in [0.717, 1.165) is 24.9 Å². The lowest BCUT2D eigenvalue weighted by atomic mass is 9.85. The Kier molecular flexibility index (Phi) is 5.15. The Morgan fingerprint density at radius 1 is 1.35 bits per heavy atom. The van der Waals surface area contributed by atoms with Crippen LogP contribution in [0.25, 0.3) is 5.57 Å². The molecule has 2 rings (SSSR count). The molecule has 0 radical (unpaired) electrons. The number of nitrogens with one attached hydrogen (secondary N) is 1. The molecular formula is C19H29N3O. The van der Waals surface area contributed by atoms with Crippen LogP contribution in [0.1, 0.15) is 58.1 Å². The van der Waals surface area contributed by atoms with Crippen LogP contribution in [0.4, 0.5) is 5.69 Å². The number of unbranched alkanes of at least 4 members (excludes halogenated alkanes) is 1. The molecule has 3 N–H and O–H groups in total. The summed E-state index contributed by atoms with van der Waals surface area (Å²) in [5.41, 5.74) is 6.93. The molecule has 0 aliphatic carbocycles. The first kappa shape index (κ1) is 17.5. The van der Waals surface area contributed by atoms with E-state index in [9.17, 15) is 4.79 Å². The summed E-state index contributed by atoms with van der Waals surface area (Å²) < 4.78 is 0. The van der Waals surface area contributed by atoms with Gasteiger partial charge in [0.1, 0.15) is 6.04 Å². The number of hydrogen-bond acceptors (Lipinski definition) is 3. The Hall–Kier alpha value is -1.81. The molecule has 0 saturated carbocycles. The standard InChI is InChI=1S/C19H29N3O/c1-6-7-8-17(18(23)21-20)22-16-10-9-13(2)11-15(16)14(3)12-19(22,4)5/h9-12,17H,6-8,20H2,1-5H3,(H,21,23). The number of rotatable bonds is 5. The van der Waals surface area contributed by atoms with Gasteiger partial charge in [0.15, 0.2) is 0 Å². The highest BCUT2D eigenvalue weighted by atomic mass is 16.2. The van der Waals surface area contributed by atoms with Gasteiger partial charge in [0.05, 0.1) is 5.54 Å². The number of hydrogen-bond donors (Lipinski definition) is 2. The molecular weight excluding hydrogens is 286 g/mol. The molecule has 1 aliphatic rings. The lowest BCUT2D eigenvalue weighted by Gasteiger charge is -2.47. The number of carbonyl (C=O) groups is 1. The van der Waals surface area contributed by atoms with Gasteiger partial charge in [-0.15, -0.1) is 0 Å². The lowest BCUT2D eigenvalue weighted by molar-refractivity contribution is -0.122. The van der Waals surface area contributed by atoms with Crippen molar-refractivity contribution in [2.75, 3.05) is 4.90 Å². The van der Waals surface area contributed by atoms with Crippen LogP contribution in [-0.2, 0) is 4.79 Å². The number of nitrogens with zero attached hydrogens (tertiary/aromatic N) is 1. The van der Waals surface area contributed by atoms with Gasteiger partial charge in [0.25, 0.3) is 5.91 Å². The molecule has 1 unspecified atom stereocenters. The number of carbonyl (C=O) groups excluding carboxylic acids is 1. The first-order valence-electron chi connectivity index (χ1n) is 8.42. The number of nitrogens with two attached hydrogens (primary N) is 1. The summed E-state index contributed by atoms with van der Waals surface area (Å²) in [6.07, 6.45) is 5.09. The maximum absolute atomic E-state index is 12.5. The van der Waals surface area contributed by atoms with Gasteiger partial charge in [-0.2, -0.15) is 0 Å². The summed E-state index contributed by atoms with van der Waals surface area (Å²) in [4.78, 5) is 14.7. The van der Waals surface area contributed by atoms with Crippen molar-refractivity contribution >= 4 is 17.2 Å². The predicted molar refractivity (Wildman–Crippen MR) is 97.0 cm³/mol. The van der Waals surface area contributed by atoms with Gasteiger partial charge >= 0.3 is 0 Å². The number of anilines is 1. The molecule has 1 atom stereocenters. The Morgan fingerprint density at radius 2 is 2.04 bits per heavy atom. The summed E-state index contributed by atoms with van der Waals surface area (Å²) >= 11 is 0. The van der Waals surface area contributed by atoms with Crippen LogP contribution in [0.15, 0.2) is 24.3 Å². The monoisotopic (exact) mass is 315 g/mol. The quantitative estimate of drug-likeness (QED) is 0.496. The molecule has 1 amide bonds. The molecule has 0 saturated heterocycles. The smallest absolute Gasteiger partial charge is 0.256 e. The number of amides is 1. The minimum Gasteiger partial charge on any atom is -0.350 e. The third-order valence-electron chi connectivity index (χ3n) is 4.61. The van der Waals surface area contributed by atoms with Gasteiger partial charge in [-0.1, -0.05) is 37.5 Å². The Balaban J connectivity index is 2.55. The highest BCUT2D eigenvalue weighted by Gasteiger charge is 2.38. The second-order valence-corrected chi connectivity index (χ2v) is 7.04. The molecule has 1 heterocycles. The Morgan fingerprint density at radius 3 is 2.65 bits per heavy atom. The number of aryl methyl sites for hydroxylation is 1. The third-order valence-corrected chi connectivity index (χ3v) is 4.61. The van der Waals surface area contributed by atoms with Crippen molar-refractivity contribution < 1.29 is 4.79 Å². The van der Waals surface area contributed by atoms with Crippen LogP contribution in [0.2, 0.25) is 0 Å². The van der Waals surface area contributed by atoms with E-state index >= 15 is 0 Å². The highest BCUT2D eigenvalue weighted by molar-refractivity contribution is 5.89. The van der Waals surface area contributed by atoms with Crippen LogP contribution in [0.3, 0.4) is 0 Å². The largest absolute Gasteiger partial charge is 0.350 e. The predicted octanol–water partition coefficient (Wildman–Crippen LogP) is 3.55. The average Bonchev–Trinajstić information content (AvgIpc) is 2.49. The van der Waals surface area contributed by atoms with E-state index in [0.29, 0.717) is 0 Å². The highest BCUT2D eigenvalue weighted by Crippen LogP contribution is 2.41. The van der Waals surface area contributed by atoms with Crippen molar-refractivity contribution in [3.63, 3.8) is 0 Å². The normalized spacial score (nSPS) is 17.3. The summed E-state index contributed by atoms with van der Waals surface area (Å²) in [5.74, 6) is 5.35. The average molecular weight is 315 g/mol. The topological polar surface area (TPSA) is 58.4 Å². The van der Waals surface area contributed by atoms with Crippen molar-refractivity contribution in [3.8, 4) is 0 Å². The fourth-order valence-corrected chi connectivity index (χ4v) is 3.60. The maximum atomic E-state index is 12.5. The van der Waals surface area contributed by atoms with E-state index in [4.69, 9.17) is 5.84 Å². The van der Waals surface area contributed by atoms with E-state index in [-0.39, 0.29) is 17.5 Å². The fourth-order valence-electron chi connectivity index (χ4n) is 3.60. The zero-order chi connectivity index (χ0) is 17.2. The summed E-state index contributed by atoms with van der Waals surface area (Å²) in [5, 5.41) is 0. The number of allylic oxidation sites excluding steroid dienone is 1. The number of benzene rings is 1. The van der Waals surface area contributed by atoms with Gasteiger partial charge < -0.3 is 4.90 Å². The van der Waals surface area contributed by atoms with Crippen molar-refractivity contribution in [1.82, 2.24) is 5.43 Å². The molecule has 0 bridgehead atoms. The molecule has 1 aromatic rings. The molecule has 4 nitrogen and oxygen atoms in total. The van der Waals surface area contributed by atoms with Gasteiger partial charge in [-0.05, 0) is 51.8 Å². The zero-order valence-corrected chi connectivity index (χ0v) is 14.9. The summed E-state index contributed by atoms with van der Waals surface area (Å²) in [6.45, 7) is 10.7. The number of hydrazine groups is 1. The van der Waals surface area contributed by atoms with Gasteiger partial charge in [-0.25, -0.2) is 5.84 Å². The summed E-state index contributed by atoms with van der Waals surface area (Å²) in [6, 6.07) is 6.17. The Bertz CT molecular complexity index is 619. The molecule has 0 fully saturated rings. The minimum absolute atomic E-state index is 0.119. The SMILES string of the molecule is CCCCC(C(=O)NN)N1c2ccc(C)cc2C(C)=CC1(C)C. The van der Waals surface area contributed by atoms with Crippen molar-refractivity contribution in [2.45, 2.75) is 65.5 Å². The first-order chi connectivity index (χ1) is 10.8. The maximum Gasteiger partial charge on any atom is 0.256 e. The minimum atomic E-state index is -0.263. The molecule has 1 aromatic carbocycles. The van der Waals surface area contributed by atoms with Crippen LogP contribution >= 0.6 is 0 Å². The summed E-state index contributed by atoms with van der Waals surface area (Å²) in [7, 11) is 0. The molecule has 126 valence electrons. The third kappa shape index (κ3) is 3.42. The van der Waals surface area contributed by atoms with Crippen molar-refractivity contribution in [3.05, 3.63) is 35.4 Å². The van der Waals surface area contributed by atoms with Gasteiger partial charge in [0.2, 0.25) is 0 Å². The molecule has 23 heavy (non-hydrogen) atoms. The van der Waals surface area contributed by atoms with Crippen molar-refractivity contribution in [1.29, 1.82) is 0 Å². The molecule has 1 aliphatic heterocycles. The van der Waals surface area contributed by atoms with Gasteiger partial charge in [-0.3, -0.25) is 10.2 Å². The van der Waals surface area contributed by atoms with Crippen LogP contribution in [-0.4, -0.2) is 17.5 Å². The molecule has 0 spiro atoms. The fraction of sp³-hybridized carbons (Fsp3) is 0.526. The van der Waals surface area contributed by atoms with E-state index < -0.39 is 0 Å². The van der Waals surface area contributed by atoms with E-state index in [1.165, 1.54) is 16.7 Å². The van der Waals surface area contributed by atoms with E-state index in [2.05, 4.69) is 69.2 Å². The van der Waals surface area contributed by atoms with Crippen LogP contribution in [0.5, 0.6) is 0 Å². The lowest BCUT2D eigenvalue weighted by Crippen LogP contribution is -2.57. The van der Waals surface area contributed by atoms with Crippen LogP contribution < -0.4 is 16.2 Å². The van der Waals surface area contributed by atoms with Crippen molar-refractivity contribution in [2.24, 2.45) is 5.84 Å². The second-order valence-electron chi connectivity index (χ2n) is 7.04. The van der Waals surface area contributed by atoms with E-state index in [1.807, 2.05) is 0 Å². The van der Waals surface area contributed by atoms with Gasteiger partial charge in [0, 0.05) is 11.3 Å². The molecule has 0 aromatic heterocycles. The number of fused-ring (bicyclic) bond motifs is 1.